The molecule has 0 aromatic heterocycles. The Kier molecular flexibility index (Phi) is 8.32. The number of ether oxygens (including phenoxy) is 1. The number of hydrogen-bond donors (Lipinski definition) is 1. The Labute approximate surface area is 191 Å². The number of likely N-dealkylation sites (tertiary alicyclic amines) is 1. The SMILES string of the molecule is O=C(NCCCc1ccc(Cl)c(Cl)c1)C1CN(CCCOc2ccccc2)C(=O)C1=O. The molecule has 1 saturated heterocycles. The molecule has 164 valence electrons. The summed E-state index contributed by atoms with van der Waals surface area (Å²) in [5.74, 6) is -1.85. The Hall–Kier alpha value is -2.57. The van der Waals surface area contributed by atoms with Crippen LogP contribution in [0.15, 0.2) is 48.5 Å². The van der Waals surface area contributed by atoms with E-state index in [-0.39, 0.29) is 6.54 Å². The van der Waals surface area contributed by atoms with Gasteiger partial charge in [-0.2, -0.15) is 0 Å². The number of ketones is 1. The lowest BCUT2D eigenvalue weighted by Crippen LogP contribution is -2.36. The molecule has 8 heteroatoms. The number of aryl methyl sites for hydroxylation is 1. The lowest BCUT2D eigenvalue weighted by atomic mass is 10.1. The highest BCUT2D eigenvalue weighted by molar-refractivity contribution is 6.42. The van der Waals surface area contributed by atoms with Crippen LogP contribution in [0.25, 0.3) is 0 Å². The van der Waals surface area contributed by atoms with Crippen LogP contribution in [0.3, 0.4) is 0 Å². The molecule has 1 aliphatic heterocycles. The van der Waals surface area contributed by atoms with E-state index < -0.39 is 23.5 Å². The van der Waals surface area contributed by atoms with Crippen LogP contribution in [0.5, 0.6) is 5.75 Å². The number of hydrogen-bond acceptors (Lipinski definition) is 4. The fraction of sp³-hybridized carbons (Fsp3) is 0.348. The summed E-state index contributed by atoms with van der Waals surface area (Å²) in [6, 6.07) is 14.8. The maximum absolute atomic E-state index is 12.4. The van der Waals surface area contributed by atoms with Crippen molar-refractivity contribution >= 4 is 40.8 Å². The number of nitrogens with zero attached hydrogens (tertiary/aromatic N) is 1. The van der Waals surface area contributed by atoms with E-state index in [1.807, 2.05) is 36.4 Å². The highest BCUT2D eigenvalue weighted by Gasteiger charge is 2.42. The second-order valence-electron chi connectivity index (χ2n) is 7.33. The first-order chi connectivity index (χ1) is 15.0. The minimum atomic E-state index is -0.951. The molecular formula is C23H24Cl2N2O4. The summed E-state index contributed by atoms with van der Waals surface area (Å²) in [4.78, 5) is 38.2. The van der Waals surface area contributed by atoms with E-state index in [9.17, 15) is 14.4 Å². The van der Waals surface area contributed by atoms with Gasteiger partial charge in [0.05, 0.1) is 16.7 Å². The molecule has 0 bridgehead atoms. The van der Waals surface area contributed by atoms with Crippen molar-refractivity contribution < 1.29 is 19.1 Å². The number of Topliss-reactive ketones (excluding diaryl/α,β-unsaturated/α-hetero) is 1. The summed E-state index contributed by atoms with van der Waals surface area (Å²) in [5, 5.41) is 3.75. The third-order valence-electron chi connectivity index (χ3n) is 5.04. The van der Waals surface area contributed by atoms with Gasteiger partial charge in [0.25, 0.3) is 5.91 Å². The van der Waals surface area contributed by atoms with Gasteiger partial charge in [-0.1, -0.05) is 47.5 Å². The Morgan fingerprint density at radius 1 is 1.06 bits per heavy atom. The van der Waals surface area contributed by atoms with E-state index in [1.54, 1.807) is 12.1 Å². The molecule has 0 saturated carbocycles. The maximum atomic E-state index is 12.4. The summed E-state index contributed by atoms with van der Waals surface area (Å²) >= 11 is 11.9. The first kappa shape index (κ1) is 23.1. The van der Waals surface area contributed by atoms with E-state index in [4.69, 9.17) is 27.9 Å². The third-order valence-corrected chi connectivity index (χ3v) is 5.78. The summed E-state index contributed by atoms with van der Waals surface area (Å²) in [7, 11) is 0. The number of nitrogens with one attached hydrogen (secondary N) is 1. The van der Waals surface area contributed by atoms with Crippen LogP contribution < -0.4 is 10.1 Å². The standard InChI is InChI=1S/C23H24Cl2N2O4/c24-19-10-9-16(14-20(19)25)6-4-11-26-22(29)18-15-27(23(30)21(18)28)12-5-13-31-17-7-2-1-3-8-17/h1-3,7-10,14,18H,4-6,11-13,15H2,(H,26,29). The number of carbonyl (C=O) groups is 3. The van der Waals surface area contributed by atoms with E-state index >= 15 is 0 Å². The molecule has 2 aromatic carbocycles. The van der Waals surface area contributed by atoms with Gasteiger partial charge < -0.3 is 15.0 Å². The number of para-hydroxylation sites is 1. The van der Waals surface area contributed by atoms with Gasteiger partial charge in [-0.25, -0.2) is 0 Å². The van der Waals surface area contributed by atoms with Crippen molar-refractivity contribution in [3.8, 4) is 5.75 Å². The molecule has 2 aromatic rings. The molecule has 31 heavy (non-hydrogen) atoms. The average molecular weight is 463 g/mol. The van der Waals surface area contributed by atoms with Crippen LogP contribution in [-0.4, -0.2) is 48.7 Å². The smallest absolute Gasteiger partial charge is 0.290 e. The molecule has 0 spiro atoms. The highest BCUT2D eigenvalue weighted by Crippen LogP contribution is 2.23. The van der Waals surface area contributed by atoms with E-state index in [0.29, 0.717) is 49.0 Å². The molecule has 1 N–H and O–H groups in total. The molecule has 6 nitrogen and oxygen atoms in total. The normalized spacial score (nSPS) is 15.9. The van der Waals surface area contributed by atoms with Gasteiger partial charge in [-0.3, -0.25) is 14.4 Å². The van der Waals surface area contributed by atoms with Crippen molar-refractivity contribution in [2.75, 3.05) is 26.2 Å². The van der Waals surface area contributed by atoms with Gasteiger partial charge in [0.15, 0.2) is 0 Å². The molecule has 3 rings (SSSR count). The van der Waals surface area contributed by atoms with Crippen molar-refractivity contribution in [3.63, 3.8) is 0 Å². The predicted octanol–water partition coefficient (Wildman–Crippen LogP) is 3.54. The summed E-state index contributed by atoms with van der Waals surface area (Å²) in [6.07, 6.45) is 1.97. The van der Waals surface area contributed by atoms with Gasteiger partial charge in [0.1, 0.15) is 11.7 Å². The number of carbonyl (C=O) groups excluding carboxylic acids is 3. The molecule has 1 fully saturated rings. The Balaban J connectivity index is 1.38. The largest absolute Gasteiger partial charge is 0.494 e. The van der Waals surface area contributed by atoms with Gasteiger partial charge in [0.2, 0.25) is 11.7 Å². The van der Waals surface area contributed by atoms with E-state index in [0.717, 1.165) is 11.3 Å². The predicted molar refractivity (Wildman–Crippen MR) is 119 cm³/mol. The summed E-state index contributed by atoms with van der Waals surface area (Å²) in [6.45, 7) is 1.32. The van der Waals surface area contributed by atoms with Gasteiger partial charge in [-0.15, -0.1) is 0 Å². The fourth-order valence-electron chi connectivity index (χ4n) is 3.37. The topological polar surface area (TPSA) is 75.7 Å². The lowest BCUT2D eigenvalue weighted by molar-refractivity contribution is -0.142. The maximum Gasteiger partial charge on any atom is 0.290 e. The zero-order chi connectivity index (χ0) is 22.2. The molecule has 1 aliphatic rings. The number of amides is 2. The van der Waals surface area contributed by atoms with Crippen LogP contribution in [-0.2, 0) is 20.8 Å². The molecule has 2 amide bonds. The average Bonchev–Trinajstić information content (AvgIpc) is 3.06. The van der Waals surface area contributed by atoms with Crippen molar-refractivity contribution in [1.29, 1.82) is 0 Å². The van der Waals surface area contributed by atoms with Gasteiger partial charge in [0, 0.05) is 19.6 Å². The minimum Gasteiger partial charge on any atom is -0.494 e. The van der Waals surface area contributed by atoms with Crippen molar-refractivity contribution in [3.05, 3.63) is 64.1 Å². The first-order valence-corrected chi connectivity index (χ1v) is 10.9. The Morgan fingerprint density at radius 3 is 2.58 bits per heavy atom. The number of halogens is 2. The number of rotatable bonds is 10. The zero-order valence-corrected chi connectivity index (χ0v) is 18.5. The molecular weight excluding hydrogens is 439 g/mol. The summed E-state index contributed by atoms with van der Waals surface area (Å²) < 4.78 is 5.60. The third kappa shape index (κ3) is 6.45. The quantitative estimate of drug-likeness (QED) is 0.332. The first-order valence-electron chi connectivity index (χ1n) is 10.2. The monoisotopic (exact) mass is 462 g/mol. The minimum absolute atomic E-state index is 0.113. The zero-order valence-electron chi connectivity index (χ0n) is 17.0. The van der Waals surface area contributed by atoms with Crippen LogP contribution in [0.2, 0.25) is 10.0 Å². The van der Waals surface area contributed by atoms with E-state index in [1.165, 1.54) is 4.90 Å². The Morgan fingerprint density at radius 2 is 1.84 bits per heavy atom. The van der Waals surface area contributed by atoms with Gasteiger partial charge in [-0.05, 0) is 49.1 Å². The van der Waals surface area contributed by atoms with Crippen molar-refractivity contribution in [2.24, 2.45) is 5.92 Å². The second kappa shape index (κ2) is 11.2. The number of benzene rings is 2. The molecule has 1 unspecified atom stereocenters. The van der Waals surface area contributed by atoms with Crippen LogP contribution in [0, 0.1) is 5.92 Å². The lowest BCUT2D eigenvalue weighted by Gasteiger charge is -2.15. The van der Waals surface area contributed by atoms with Crippen LogP contribution >= 0.6 is 23.2 Å². The Bertz CT molecular complexity index is 936. The molecule has 1 atom stereocenters. The van der Waals surface area contributed by atoms with Crippen LogP contribution in [0.4, 0.5) is 0 Å². The van der Waals surface area contributed by atoms with Crippen molar-refractivity contribution in [1.82, 2.24) is 10.2 Å². The second-order valence-corrected chi connectivity index (χ2v) is 8.14. The fourth-order valence-corrected chi connectivity index (χ4v) is 3.69. The molecule has 0 radical (unpaired) electrons. The molecule has 1 heterocycles. The van der Waals surface area contributed by atoms with Gasteiger partial charge >= 0.3 is 0 Å². The highest BCUT2D eigenvalue weighted by atomic mass is 35.5. The van der Waals surface area contributed by atoms with Crippen LogP contribution in [0.1, 0.15) is 18.4 Å². The summed E-state index contributed by atoms with van der Waals surface area (Å²) in [5.41, 5.74) is 1.01. The van der Waals surface area contributed by atoms with Crippen molar-refractivity contribution in [2.45, 2.75) is 19.3 Å². The van der Waals surface area contributed by atoms with E-state index in [2.05, 4.69) is 5.32 Å². The molecule has 0 aliphatic carbocycles.